The van der Waals surface area contributed by atoms with Gasteiger partial charge in [0.1, 0.15) is 12.4 Å². The summed E-state index contributed by atoms with van der Waals surface area (Å²) in [6, 6.07) is 8.40. The highest BCUT2D eigenvalue weighted by Crippen LogP contribution is 2.35. The first kappa shape index (κ1) is 16.0. The fraction of sp³-hybridized carbons (Fsp3) is 0.500. The lowest BCUT2D eigenvalue weighted by molar-refractivity contribution is 0.129. The average molecular weight is 315 g/mol. The molecule has 2 heterocycles. The molecular weight excluding hydrogens is 290 g/mol. The molecule has 23 heavy (non-hydrogen) atoms. The van der Waals surface area contributed by atoms with Crippen LogP contribution in [0.2, 0.25) is 0 Å². The number of aliphatic hydroxyl groups excluding tert-OH is 1. The average Bonchev–Trinajstić information content (AvgIpc) is 3.02. The minimum absolute atomic E-state index is 0.0310. The molecule has 1 aromatic heterocycles. The van der Waals surface area contributed by atoms with Crippen LogP contribution in [0.3, 0.4) is 0 Å². The van der Waals surface area contributed by atoms with E-state index in [-0.39, 0.29) is 6.61 Å². The number of nitrogens with one attached hydrogen (secondary N) is 1. The van der Waals surface area contributed by atoms with Crippen molar-refractivity contribution in [1.82, 2.24) is 14.9 Å². The van der Waals surface area contributed by atoms with Gasteiger partial charge in [0.05, 0.1) is 24.7 Å². The SMILES string of the molecule is CC(C)C1c2nc[nH]c2CCN1Cc1ccccc1OCCO. The predicted molar refractivity (Wildman–Crippen MR) is 89.3 cm³/mol. The van der Waals surface area contributed by atoms with Crippen molar-refractivity contribution >= 4 is 0 Å². The van der Waals surface area contributed by atoms with Crippen LogP contribution in [0, 0.1) is 5.92 Å². The quantitative estimate of drug-likeness (QED) is 0.860. The van der Waals surface area contributed by atoms with E-state index in [0.29, 0.717) is 18.6 Å². The largest absolute Gasteiger partial charge is 0.491 e. The van der Waals surface area contributed by atoms with E-state index in [1.54, 1.807) is 0 Å². The molecule has 2 N–H and O–H groups in total. The van der Waals surface area contributed by atoms with E-state index in [9.17, 15) is 0 Å². The number of benzene rings is 1. The minimum atomic E-state index is 0.0310. The molecule has 0 bridgehead atoms. The Morgan fingerprint density at radius 3 is 3.00 bits per heavy atom. The van der Waals surface area contributed by atoms with Crippen molar-refractivity contribution in [3.05, 3.63) is 47.5 Å². The van der Waals surface area contributed by atoms with Crippen molar-refractivity contribution in [3.8, 4) is 5.75 Å². The molecule has 5 heteroatoms. The molecule has 0 saturated heterocycles. The number of imidazole rings is 1. The number of hydrogen-bond acceptors (Lipinski definition) is 4. The van der Waals surface area contributed by atoms with E-state index < -0.39 is 0 Å². The molecule has 124 valence electrons. The minimum Gasteiger partial charge on any atom is -0.491 e. The number of aromatic amines is 1. The molecule has 0 fully saturated rings. The highest BCUT2D eigenvalue weighted by atomic mass is 16.5. The third kappa shape index (κ3) is 3.41. The zero-order valence-corrected chi connectivity index (χ0v) is 13.8. The maximum Gasteiger partial charge on any atom is 0.123 e. The molecule has 0 radical (unpaired) electrons. The predicted octanol–water partition coefficient (Wildman–Crippen LogP) is 2.54. The van der Waals surface area contributed by atoms with Crippen molar-refractivity contribution in [2.45, 2.75) is 32.9 Å². The molecule has 1 atom stereocenters. The van der Waals surface area contributed by atoms with Gasteiger partial charge in [-0.05, 0) is 12.0 Å². The molecule has 5 nitrogen and oxygen atoms in total. The summed E-state index contributed by atoms with van der Waals surface area (Å²) in [5, 5.41) is 8.99. The molecule has 1 unspecified atom stereocenters. The van der Waals surface area contributed by atoms with Crippen LogP contribution in [0.25, 0.3) is 0 Å². The Morgan fingerprint density at radius 2 is 2.22 bits per heavy atom. The van der Waals surface area contributed by atoms with Crippen LogP contribution >= 0.6 is 0 Å². The molecule has 1 aliphatic heterocycles. The standard InChI is InChI=1S/C18H25N3O2/c1-13(2)18-17-15(19-12-20-17)7-8-21(18)11-14-5-3-4-6-16(14)23-10-9-22/h3-6,12-13,18,22H,7-11H2,1-2H3,(H,19,20). The Labute approximate surface area is 137 Å². The van der Waals surface area contributed by atoms with Gasteiger partial charge in [-0.3, -0.25) is 4.90 Å². The van der Waals surface area contributed by atoms with Crippen LogP contribution in [0.1, 0.15) is 36.8 Å². The van der Waals surface area contributed by atoms with Crippen molar-refractivity contribution < 1.29 is 9.84 Å². The van der Waals surface area contributed by atoms with Crippen molar-refractivity contribution in [1.29, 1.82) is 0 Å². The van der Waals surface area contributed by atoms with Gasteiger partial charge in [-0.25, -0.2) is 4.98 Å². The number of rotatable bonds is 6. The summed E-state index contributed by atoms with van der Waals surface area (Å²) in [7, 11) is 0. The zero-order chi connectivity index (χ0) is 16.2. The van der Waals surface area contributed by atoms with E-state index in [1.807, 2.05) is 24.5 Å². The van der Waals surface area contributed by atoms with Gasteiger partial charge in [0.25, 0.3) is 0 Å². The first-order valence-electron chi connectivity index (χ1n) is 8.28. The van der Waals surface area contributed by atoms with E-state index in [0.717, 1.165) is 30.8 Å². The number of nitrogens with zero attached hydrogens (tertiary/aromatic N) is 2. The normalized spacial score (nSPS) is 18.2. The van der Waals surface area contributed by atoms with E-state index in [1.165, 1.54) is 11.4 Å². The van der Waals surface area contributed by atoms with Gasteiger partial charge < -0.3 is 14.8 Å². The molecule has 0 aliphatic carbocycles. The highest BCUT2D eigenvalue weighted by Gasteiger charge is 2.32. The summed E-state index contributed by atoms with van der Waals surface area (Å²) in [6.07, 6.45) is 2.81. The monoisotopic (exact) mass is 315 g/mol. The number of aliphatic hydroxyl groups is 1. The third-order valence-electron chi connectivity index (χ3n) is 4.40. The lowest BCUT2D eigenvalue weighted by atomic mass is 9.92. The summed E-state index contributed by atoms with van der Waals surface area (Å²) in [5.74, 6) is 1.35. The van der Waals surface area contributed by atoms with Crippen LogP contribution in [0.5, 0.6) is 5.75 Å². The zero-order valence-electron chi connectivity index (χ0n) is 13.8. The molecule has 1 aliphatic rings. The van der Waals surface area contributed by atoms with E-state index in [4.69, 9.17) is 9.84 Å². The third-order valence-corrected chi connectivity index (χ3v) is 4.40. The number of hydrogen-bond donors (Lipinski definition) is 2. The van der Waals surface area contributed by atoms with Gasteiger partial charge in [-0.1, -0.05) is 32.0 Å². The fourth-order valence-corrected chi connectivity index (χ4v) is 3.42. The van der Waals surface area contributed by atoms with Gasteiger partial charge in [0.2, 0.25) is 0 Å². The van der Waals surface area contributed by atoms with Crippen LogP contribution < -0.4 is 4.74 Å². The number of para-hydroxylation sites is 1. The van der Waals surface area contributed by atoms with Crippen LogP contribution in [-0.2, 0) is 13.0 Å². The summed E-state index contributed by atoms with van der Waals surface area (Å²) in [4.78, 5) is 10.3. The maximum atomic E-state index is 8.99. The highest BCUT2D eigenvalue weighted by molar-refractivity contribution is 5.34. The second-order valence-corrected chi connectivity index (χ2v) is 6.36. The van der Waals surface area contributed by atoms with Crippen molar-refractivity contribution in [2.24, 2.45) is 5.92 Å². The Balaban J connectivity index is 1.82. The lowest BCUT2D eigenvalue weighted by Gasteiger charge is -2.37. The number of aromatic nitrogens is 2. The molecule has 1 aromatic carbocycles. The van der Waals surface area contributed by atoms with Crippen molar-refractivity contribution in [2.75, 3.05) is 19.8 Å². The lowest BCUT2D eigenvalue weighted by Crippen LogP contribution is -2.37. The van der Waals surface area contributed by atoms with E-state index in [2.05, 4.69) is 34.8 Å². The van der Waals surface area contributed by atoms with Gasteiger partial charge in [0.15, 0.2) is 0 Å². The summed E-state index contributed by atoms with van der Waals surface area (Å²) >= 11 is 0. The summed E-state index contributed by atoms with van der Waals surface area (Å²) < 4.78 is 5.68. The number of ether oxygens (including phenoxy) is 1. The van der Waals surface area contributed by atoms with Gasteiger partial charge in [0, 0.05) is 30.8 Å². The van der Waals surface area contributed by atoms with Crippen molar-refractivity contribution in [3.63, 3.8) is 0 Å². The molecular formula is C18H25N3O2. The Hall–Kier alpha value is -1.85. The summed E-state index contributed by atoms with van der Waals surface area (Å²) in [6.45, 7) is 6.69. The molecule has 0 amide bonds. The molecule has 3 rings (SSSR count). The second kappa shape index (κ2) is 7.15. The maximum absolute atomic E-state index is 8.99. The molecule has 0 spiro atoms. The van der Waals surface area contributed by atoms with Gasteiger partial charge >= 0.3 is 0 Å². The Bertz CT molecular complexity index is 639. The first-order valence-corrected chi connectivity index (χ1v) is 8.28. The summed E-state index contributed by atoms with van der Waals surface area (Å²) in [5.41, 5.74) is 3.61. The van der Waals surface area contributed by atoms with Crippen LogP contribution in [-0.4, -0.2) is 39.7 Å². The Kier molecular flexibility index (Phi) is 4.98. The van der Waals surface area contributed by atoms with Gasteiger partial charge in [-0.2, -0.15) is 0 Å². The molecule has 2 aromatic rings. The topological polar surface area (TPSA) is 61.4 Å². The smallest absolute Gasteiger partial charge is 0.123 e. The number of fused-ring (bicyclic) bond motifs is 1. The van der Waals surface area contributed by atoms with Crippen LogP contribution in [0.4, 0.5) is 0 Å². The number of H-pyrrole nitrogens is 1. The Morgan fingerprint density at radius 1 is 1.39 bits per heavy atom. The first-order chi connectivity index (χ1) is 11.2. The second-order valence-electron chi connectivity index (χ2n) is 6.36. The van der Waals surface area contributed by atoms with Gasteiger partial charge in [-0.15, -0.1) is 0 Å². The fourth-order valence-electron chi connectivity index (χ4n) is 3.42. The van der Waals surface area contributed by atoms with Crippen LogP contribution in [0.15, 0.2) is 30.6 Å². The van der Waals surface area contributed by atoms with E-state index >= 15 is 0 Å². The molecule has 0 saturated carbocycles.